The van der Waals surface area contributed by atoms with Crippen molar-refractivity contribution in [1.82, 2.24) is 5.32 Å². The summed E-state index contributed by atoms with van der Waals surface area (Å²) in [5.74, 6) is 0.136. The van der Waals surface area contributed by atoms with Crippen LogP contribution < -0.4 is 15.4 Å². The van der Waals surface area contributed by atoms with E-state index in [4.69, 9.17) is 18.9 Å². The summed E-state index contributed by atoms with van der Waals surface area (Å²) in [4.78, 5) is 39.0. The van der Waals surface area contributed by atoms with Gasteiger partial charge in [0.2, 0.25) is 5.91 Å². The molecule has 0 spiro atoms. The van der Waals surface area contributed by atoms with E-state index in [2.05, 4.69) is 45.3 Å². The van der Waals surface area contributed by atoms with E-state index in [9.17, 15) is 14.4 Å². The normalized spacial score (nSPS) is 18.8. The highest BCUT2D eigenvalue weighted by Crippen LogP contribution is 2.35. The molecule has 1 saturated heterocycles. The van der Waals surface area contributed by atoms with Gasteiger partial charge in [0.1, 0.15) is 17.5 Å². The molecular formula is C34H56N2O7. The first-order valence-electron chi connectivity index (χ1n) is 15.7. The van der Waals surface area contributed by atoms with E-state index in [-0.39, 0.29) is 47.4 Å². The first-order valence-corrected chi connectivity index (χ1v) is 15.7. The SMILES string of the molecule is COCCCOc1ccc(C(C)(C)C)cc1NC(=O)C[C@@H](C[C@H](NC(=O)OC(C)(C)C)[C@H]1C[C@@H](C(C)C)C(=O)O1)C(C)C. The molecule has 0 radical (unpaired) electrons. The lowest BCUT2D eigenvalue weighted by atomic mass is 9.83. The van der Waals surface area contributed by atoms with Crippen molar-refractivity contribution >= 4 is 23.7 Å². The van der Waals surface area contributed by atoms with Crippen molar-refractivity contribution in [1.29, 1.82) is 0 Å². The van der Waals surface area contributed by atoms with Crippen molar-refractivity contribution in [3.63, 3.8) is 0 Å². The van der Waals surface area contributed by atoms with Gasteiger partial charge < -0.3 is 29.6 Å². The molecule has 0 unspecified atom stereocenters. The lowest BCUT2D eigenvalue weighted by Crippen LogP contribution is -2.47. The van der Waals surface area contributed by atoms with E-state index in [0.29, 0.717) is 37.5 Å². The first-order chi connectivity index (χ1) is 19.9. The number of amides is 2. The Kier molecular flexibility index (Phi) is 13.3. The number of carbonyl (C=O) groups is 3. The minimum atomic E-state index is -0.677. The van der Waals surface area contributed by atoms with Crippen molar-refractivity contribution in [2.24, 2.45) is 23.7 Å². The Morgan fingerprint density at radius 3 is 2.26 bits per heavy atom. The van der Waals surface area contributed by atoms with Crippen LogP contribution in [-0.4, -0.2) is 56.0 Å². The van der Waals surface area contributed by atoms with Gasteiger partial charge in [0.15, 0.2) is 0 Å². The van der Waals surface area contributed by atoms with E-state index in [1.54, 1.807) is 27.9 Å². The van der Waals surface area contributed by atoms with Gasteiger partial charge in [0.25, 0.3) is 0 Å². The van der Waals surface area contributed by atoms with Crippen LogP contribution in [0.3, 0.4) is 0 Å². The van der Waals surface area contributed by atoms with Gasteiger partial charge in [-0.2, -0.15) is 0 Å². The second-order valence-electron chi connectivity index (χ2n) is 14.5. The zero-order chi connectivity index (χ0) is 32.5. The number of ether oxygens (including phenoxy) is 4. The van der Waals surface area contributed by atoms with Crippen LogP contribution in [0.15, 0.2) is 18.2 Å². The molecule has 43 heavy (non-hydrogen) atoms. The molecule has 2 N–H and O–H groups in total. The van der Waals surface area contributed by atoms with Gasteiger partial charge in [-0.1, -0.05) is 54.5 Å². The van der Waals surface area contributed by atoms with Crippen molar-refractivity contribution in [2.75, 3.05) is 25.6 Å². The number of cyclic esters (lactones) is 1. The molecule has 0 aromatic heterocycles. The third-order valence-corrected chi connectivity index (χ3v) is 7.83. The maximum Gasteiger partial charge on any atom is 0.408 e. The van der Waals surface area contributed by atoms with Crippen LogP contribution in [0.25, 0.3) is 0 Å². The number of hydrogen-bond acceptors (Lipinski definition) is 7. The molecule has 1 heterocycles. The van der Waals surface area contributed by atoms with Gasteiger partial charge in [0, 0.05) is 26.6 Å². The predicted molar refractivity (Wildman–Crippen MR) is 169 cm³/mol. The zero-order valence-corrected chi connectivity index (χ0v) is 28.3. The highest BCUT2D eigenvalue weighted by atomic mass is 16.6. The Hall–Kier alpha value is -2.81. The molecule has 0 aliphatic carbocycles. The number of nitrogens with one attached hydrogen (secondary N) is 2. The van der Waals surface area contributed by atoms with E-state index >= 15 is 0 Å². The summed E-state index contributed by atoms with van der Waals surface area (Å²) in [5.41, 5.74) is 0.924. The maximum atomic E-state index is 13.5. The van der Waals surface area contributed by atoms with Gasteiger partial charge >= 0.3 is 12.1 Å². The number of methoxy groups -OCH3 is 1. The quantitative estimate of drug-likeness (QED) is 0.176. The lowest BCUT2D eigenvalue weighted by molar-refractivity contribution is -0.146. The third kappa shape index (κ3) is 12.0. The average Bonchev–Trinajstić information content (AvgIpc) is 3.26. The van der Waals surface area contributed by atoms with E-state index in [0.717, 1.165) is 12.0 Å². The number of esters is 1. The Balaban J connectivity index is 2.26. The van der Waals surface area contributed by atoms with E-state index in [1.165, 1.54) is 0 Å². The van der Waals surface area contributed by atoms with Crippen LogP contribution in [0.2, 0.25) is 0 Å². The van der Waals surface area contributed by atoms with Crippen LogP contribution in [0.5, 0.6) is 5.75 Å². The number of benzene rings is 1. The molecule has 0 saturated carbocycles. The fraction of sp³-hybridized carbons (Fsp3) is 0.735. The molecule has 1 aliphatic rings. The van der Waals surface area contributed by atoms with Crippen molar-refractivity contribution in [3.05, 3.63) is 23.8 Å². The van der Waals surface area contributed by atoms with Crippen molar-refractivity contribution < 1.29 is 33.3 Å². The molecular weight excluding hydrogens is 548 g/mol. The van der Waals surface area contributed by atoms with Crippen LogP contribution in [-0.2, 0) is 29.2 Å². The largest absolute Gasteiger partial charge is 0.491 e. The highest BCUT2D eigenvalue weighted by Gasteiger charge is 2.42. The summed E-state index contributed by atoms with van der Waals surface area (Å²) in [6.07, 6.45) is 0.860. The van der Waals surface area contributed by atoms with Crippen LogP contribution >= 0.6 is 0 Å². The zero-order valence-electron chi connectivity index (χ0n) is 28.3. The number of hydrogen-bond donors (Lipinski definition) is 2. The fourth-order valence-electron chi connectivity index (χ4n) is 5.15. The molecule has 2 rings (SSSR count). The summed E-state index contributed by atoms with van der Waals surface area (Å²) in [6.45, 7) is 21.0. The summed E-state index contributed by atoms with van der Waals surface area (Å²) in [6, 6.07) is 5.42. The summed E-state index contributed by atoms with van der Waals surface area (Å²) in [5, 5.41) is 6.07. The molecule has 1 fully saturated rings. The summed E-state index contributed by atoms with van der Waals surface area (Å²) in [7, 11) is 1.65. The maximum absolute atomic E-state index is 13.5. The molecule has 1 aromatic rings. The van der Waals surface area contributed by atoms with E-state index in [1.807, 2.05) is 32.0 Å². The Labute approximate surface area is 259 Å². The van der Waals surface area contributed by atoms with Gasteiger partial charge in [-0.15, -0.1) is 0 Å². The molecule has 2 amide bonds. The molecule has 1 aromatic carbocycles. The minimum absolute atomic E-state index is 0.103. The molecule has 244 valence electrons. The summed E-state index contributed by atoms with van der Waals surface area (Å²) >= 11 is 0. The first kappa shape index (κ1) is 36.4. The smallest absolute Gasteiger partial charge is 0.408 e. The van der Waals surface area contributed by atoms with E-state index < -0.39 is 23.8 Å². The number of rotatable bonds is 14. The molecule has 9 heteroatoms. The second kappa shape index (κ2) is 15.8. The van der Waals surface area contributed by atoms with Crippen molar-refractivity contribution in [3.8, 4) is 5.75 Å². The molecule has 9 nitrogen and oxygen atoms in total. The van der Waals surface area contributed by atoms with Gasteiger partial charge in [-0.3, -0.25) is 9.59 Å². The predicted octanol–water partition coefficient (Wildman–Crippen LogP) is 6.87. The fourth-order valence-corrected chi connectivity index (χ4v) is 5.15. The Morgan fingerprint density at radius 1 is 1.05 bits per heavy atom. The highest BCUT2D eigenvalue weighted by molar-refractivity contribution is 5.92. The second-order valence-corrected chi connectivity index (χ2v) is 14.5. The van der Waals surface area contributed by atoms with Crippen LogP contribution in [0.4, 0.5) is 10.5 Å². The van der Waals surface area contributed by atoms with Gasteiger partial charge in [0.05, 0.1) is 24.3 Å². The number of carbonyl (C=O) groups excluding carboxylic acids is 3. The molecule has 0 bridgehead atoms. The number of anilines is 1. The molecule has 1 aliphatic heterocycles. The Bertz CT molecular complexity index is 1070. The standard InChI is InChI=1S/C34H56N2O7/c1-21(2)23(17-26(36-32(39)43-34(8,9)10)29-20-25(22(3)4)31(38)42-29)18-30(37)35-27-19-24(33(5,6)7)13-14-28(27)41-16-12-15-40-11/h13-14,19,21-23,25-26,29H,12,15-18,20H2,1-11H3,(H,35,37)(H,36,39)/t23-,25+,26+,29-/m1/s1. The topological polar surface area (TPSA) is 112 Å². The Morgan fingerprint density at radius 2 is 1.72 bits per heavy atom. The van der Waals surface area contributed by atoms with Crippen LogP contribution in [0.1, 0.15) is 100 Å². The third-order valence-electron chi connectivity index (χ3n) is 7.83. The van der Waals surface area contributed by atoms with Gasteiger partial charge in [-0.05, 0) is 74.5 Å². The van der Waals surface area contributed by atoms with Crippen molar-refractivity contribution in [2.45, 2.75) is 118 Å². The van der Waals surface area contributed by atoms with Crippen LogP contribution in [0, 0.1) is 23.7 Å². The summed E-state index contributed by atoms with van der Waals surface area (Å²) < 4.78 is 22.5. The average molecular weight is 605 g/mol. The van der Waals surface area contributed by atoms with Gasteiger partial charge in [-0.25, -0.2) is 4.79 Å². The minimum Gasteiger partial charge on any atom is -0.491 e. The monoisotopic (exact) mass is 604 g/mol. The number of alkyl carbamates (subject to hydrolysis) is 1. The molecule has 4 atom stereocenters. The lowest BCUT2D eigenvalue weighted by Gasteiger charge is -2.31.